The Morgan fingerprint density at radius 3 is 1.52 bits per heavy atom. The Morgan fingerprint density at radius 1 is 0.629 bits per heavy atom. The van der Waals surface area contributed by atoms with Crippen molar-refractivity contribution >= 4 is 21.8 Å². The zero-order chi connectivity index (χ0) is 42.8. The van der Waals surface area contributed by atoms with E-state index in [1.54, 1.807) is 14.2 Å². The fraction of sp³-hybridized carbons (Fsp3) is 0.407. The first-order valence-corrected chi connectivity index (χ1v) is 22.7. The molecule has 3 aromatic carbocycles. The van der Waals surface area contributed by atoms with E-state index in [2.05, 4.69) is 99.1 Å². The highest BCUT2D eigenvalue weighted by atomic mass is 16.5. The molecule has 0 N–H and O–H groups in total. The molecule has 322 valence electrons. The molecular weight excluding hydrogens is 769 g/mol. The Balaban J connectivity index is 1.08. The lowest BCUT2D eigenvalue weighted by Crippen LogP contribution is -2.68. The zero-order valence-corrected chi connectivity index (χ0v) is 36.7. The zero-order valence-electron chi connectivity index (χ0n) is 36.7. The van der Waals surface area contributed by atoms with Crippen molar-refractivity contribution in [2.75, 3.05) is 53.6 Å². The molecule has 0 radical (unpaired) electrons. The van der Waals surface area contributed by atoms with Gasteiger partial charge in [-0.15, -0.1) is 26.3 Å². The molecule has 4 bridgehead atoms. The summed E-state index contributed by atoms with van der Waals surface area (Å²) >= 11 is 0. The van der Waals surface area contributed by atoms with E-state index in [1.165, 1.54) is 35.1 Å². The molecule has 6 aliphatic rings. The van der Waals surface area contributed by atoms with E-state index in [4.69, 9.17) is 28.9 Å². The number of nitrogens with zero attached hydrogens (tertiary/aromatic N) is 4. The van der Waals surface area contributed by atoms with Gasteiger partial charge in [0, 0.05) is 71.8 Å². The largest absolute Gasteiger partial charge is 0.497 e. The van der Waals surface area contributed by atoms with Crippen molar-refractivity contribution in [3.8, 4) is 11.5 Å². The number of fused-ring (bicyclic) bond motifs is 8. The average Bonchev–Trinajstić information content (AvgIpc) is 3.31. The van der Waals surface area contributed by atoms with Gasteiger partial charge in [-0.1, -0.05) is 42.5 Å². The van der Waals surface area contributed by atoms with Crippen LogP contribution in [0.15, 0.2) is 136 Å². The van der Waals surface area contributed by atoms with Gasteiger partial charge in [0.25, 0.3) is 0 Å². The maximum atomic E-state index is 6.93. The quantitative estimate of drug-likeness (QED) is 0.0647. The van der Waals surface area contributed by atoms with Crippen LogP contribution in [0.25, 0.3) is 21.8 Å². The molecule has 8 heteroatoms. The second-order valence-electron chi connectivity index (χ2n) is 18.5. The van der Waals surface area contributed by atoms with Crippen LogP contribution in [-0.2, 0) is 22.6 Å². The van der Waals surface area contributed by atoms with Crippen LogP contribution >= 0.6 is 0 Å². The molecule has 5 aromatic rings. The van der Waals surface area contributed by atoms with Crippen LogP contribution in [0, 0.1) is 23.7 Å². The predicted molar refractivity (Wildman–Crippen MR) is 249 cm³/mol. The van der Waals surface area contributed by atoms with Gasteiger partial charge in [0.05, 0.1) is 64.6 Å². The summed E-state index contributed by atoms with van der Waals surface area (Å²) in [6.45, 7) is 24.0. The fourth-order valence-electron chi connectivity index (χ4n) is 12.5. The van der Waals surface area contributed by atoms with Crippen LogP contribution in [0.2, 0.25) is 0 Å². The van der Waals surface area contributed by atoms with Crippen molar-refractivity contribution in [3.63, 3.8) is 0 Å². The summed E-state index contributed by atoms with van der Waals surface area (Å²) < 4.78 is 27.2. The summed E-state index contributed by atoms with van der Waals surface area (Å²) in [4.78, 5) is 9.52. The van der Waals surface area contributed by atoms with Crippen LogP contribution < -0.4 is 9.47 Å². The third kappa shape index (κ3) is 7.80. The number of pyridine rings is 2. The number of aromatic nitrogens is 2. The summed E-state index contributed by atoms with van der Waals surface area (Å²) in [6, 6.07) is 26.7. The second kappa shape index (κ2) is 17.9. The standard InChI is InChI=1S/C54H64N4O4/c1-7-26-61-53(45-18-22-55-49-16-14-43(59-5)31-47(45)49)51-29-41-20-24-57(51,35-39(41)9-3)33-37-12-11-13-38(28-37)34-58-25-21-42(40(10-4)36-58)30-52(58)54(62-27-8-2)46-19-23-56-50-17-15-44(60-6)32-48(46)50/h7-19,22-23,28,31-32,39-42,51-54H,1-4,20-21,24-27,29-30,33-36H2,5-6H3/q+2/t39-,40-,41-,42-,51+,52+,53-,54-,57+,58+/m0/s1. The number of benzene rings is 3. The van der Waals surface area contributed by atoms with Crippen molar-refractivity contribution in [1.29, 1.82) is 0 Å². The highest BCUT2D eigenvalue weighted by Gasteiger charge is 2.56. The first-order valence-electron chi connectivity index (χ1n) is 22.7. The highest BCUT2D eigenvalue weighted by molar-refractivity contribution is 5.84. The SMILES string of the molecule is C=CCO[C@@H](c1ccnc2ccc(OC)cc12)[C@H]1C[C@@H]2CC[N@@+]1(Cc1cccc(C[N@@+]34CC[C@@H](C[C@@H]3[C@@H](OCC=C)c3ccnc5ccc(OC)cc35)[C@@H](C=C)C4)c1)C[C@@H]2C=C. The van der Waals surface area contributed by atoms with Crippen LogP contribution in [0.3, 0.4) is 0 Å². The Hall–Kier alpha value is -5.12. The number of methoxy groups -OCH3 is 2. The molecule has 0 aliphatic carbocycles. The molecule has 62 heavy (non-hydrogen) atoms. The van der Waals surface area contributed by atoms with Gasteiger partial charge in [0.15, 0.2) is 0 Å². The van der Waals surface area contributed by atoms with Crippen molar-refractivity contribution < 1.29 is 27.9 Å². The summed E-state index contributed by atoms with van der Waals surface area (Å²) in [7, 11) is 3.45. The van der Waals surface area contributed by atoms with E-state index < -0.39 is 0 Å². The highest BCUT2D eigenvalue weighted by Crippen LogP contribution is 2.51. The van der Waals surface area contributed by atoms with Crippen molar-refractivity contribution in [3.05, 3.63) is 158 Å². The van der Waals surface area contributed by atoms with Crippen molar-refractivity contribution in [1.82, 2.24) is 9.97 Å². The van der Waals surface area contributed by atoms with E-state index in [1.807, 2.05) is 36.7 Å². The Bertz CT molecular complexity index is 2290. The van der Waals surface area contributed by atoms with Gasteiger partial charge < -0.3 is 27.9 Å². The van der Waals surface area contributed by atoms with E-state index in [0.29, 0.717) is 36.9 Å². The Labute approximate surface area is 368 Å². The van der Waals surface area contributed by atoms with E-state index in [0.717, 1.165) is 94.4 Å². The Morgan fingerprint density at radius 2 is 1.10 bits per heavy atom. The van der Waals surface area contributed by atoms with E-state index in [9.17, 15) is 0 Å². The second-order valence-corrected chi connectivity index (χ2v) is 18.5. The summed E-state index contributed by atoms with van der Waals surface area (Å²) in [5.41, 5.74) is 7.02. The van der Waals surface area contributed by atoms with Crippen molar-refractivity contribution in [2.45, 2.75) is 63.1 Å². The molecular formula is C54H64N4O4+2. The van der Waals surface area contributed by atoms with Gasteiger partial charge in [0.2, 0.25) is 0 Å². The molecule has 8 nitrogen and oxygen atoms in total. The molecule has 6 saturated heterocycles. The lowest BCUT2D eigenvalue weighted by Gasteiger charge is -2.59. The minimum absolute atomic E-state index is 0.135. The molecule has 0 saturated carbocycles. The average molecular weight is 833 g/mol. The van der Waals surface area contributed by atoms with Crippen LogP contribution in [-0.4, -0.2) is 84.6 Å². The number of quaternary nitrogens is 2. The smallest absolute Gasteiger partial charge is 0.135 e. The number of rotatable bonds is 18. The fourth-order valence-corrected chi connectivity index (χ4v) is 12.5. The van der Waals surface area contributed by atoms with Gasteiger partial charge in [-0.2, -0.15) is 0 Å². The third-order valence-electron chi connectivity index (χ3n) is 15.4. The molecule has 0 unspecified atom stereocenters. The molecule has 6 aliphatic heterocycles. The molecule has 6 fully saturated rings. The lowest BCUT2D eigenvalue weighted by molar-refractivity contribution is -0.985. The molecule has 0 amide bonds. The topological polar surface area (TPSA) is 62.7 Å². The number of ether oxygens (including phenoxy) is 4. The number of hydrogen-bond donors (Lipinski definition) is 0. The minimum Gasteiger partial charge on any atom is -0.497 e. The molecule has 2 aromatic heterocycles. The van der Waals surface area contributed by atoms with Gasteiger partial charge in [-0.3, -0.25) is 9.97 Å². The molecule has 10 atom stereocenters. The third-order valence-corrected chi connectivity index (χ3v) is 15.4. The summed E-state index contributed by atoms with van der Waals surface area (Å²) in [6.07, 6.45) is 16.4. The minimum atomic E-state index is -0.135. The molecule has 0 spiro atoms. The van der Waals surface area contributed by atoms with Crippen LogP contribution in [0.5, 0.6) is 11.5 Å². The van der Waals surface area contributed by atoms with Gasteiger partial charge >= 0.3 is 0 Å². The van der Waals surface area contributed by atoms with Gasteiger partial charge in [-0.25, -0.2) is 0 Å². The predicted octanol–water partition coefficient (Wildman–Crippen LogP) is 10.5. The lowest BCUT2D eigenvalue weighted by atomic mass is 9.70. The van der Waals surface area contributed by atoms with Crippen LogP contribution in [0.1, 0.15) is 60.1 Å². The van der Waals surface area contributed by atoms with E-state index >= 15 is 0 Å². The van der Waals surface area contributed by atoms with E-state index in [-0.39, 0.29) is 24.3 Å². The number of hydrogen-bond acceptors (Lipinski definition) is 6. The number of piperidine rings is 6. The molecule has 11 rings (SSSR count). The Kier molecular flexibility index (Phi) is 12.2. The summed E-state index contributed by atoms with van der Waals surface area (Å²) in [5.74, 6) is 3.77. The first-order chi connectivity index (χ1) is 30.3. The monoisotopic (exact) mass is 832 g/mol. The normalized spacial score (nSPS) is 28.6. The van der Waals surface area contributed by atoms with Crippen LogP contribution in [0.4, 0.5) is 0 Å². The van der Waals surface area contributed by atoms with Crippen molar-refractivity contribution in [2.24, 2.45) is 23.7 Å². The molecule has 8 heterocycles. The first kappa shape index (κ1) is 42.2. The summed E-state index contributed by atoms with van der Waals surface area (Å²) in [5, 5.41) is 2.18. The maximum absolute atomic E-state index is 6.93. The maximum Gasteiger partial charge on any atom is 0.135 e. The van der Waals surface area contributed by atoms with Gasteiger partial charge in [-0.05, 0) is 77.6 Å². The van der Waals surface area contributed by atoms with Gasteiger partial charge in [0.1, 0.15) is 48.9 Å².